The molecule has 6 nitrogen and oxygen atoms in total. The number of nitrogens with one attached hydrogen (secondary N) is 1. The van der Waals surface area contributed by atoms with Gasteiger partial charge in [0.05, 0.1) is 12.0 Å². The average Bonchev–Trinajstić information content (AvgIpc) is 3.10. The molecule has 1 aromatic rings. The van der Waals surface area contributed by atoms with Crippen LogP contribution in [-0.2, 0) is 14.4 Å². The molecule has 1 aromatic carbocycles. The van der Waals surface area contributed by atoms with E-state index in [2.05, 4.69) is 5.32 Å². The molecule has 2 unspecified atom stereocenters. The van der Waals surface area contributed by atoms with Gasteiger partial charge in [0.1, 0.15) is 0 Å². The summed E-state index contributed by atoms with van der Waals surface area (Å²) in [4.78, 5) is 40.8. The molecule has 0 aromatic heterocycles. The molecular weight excluding hydrogens is 378 g/mol. The highest BCUT2D eigenvalue weighted by molar-refractivity contribution is 6.18. The van der Waals surface area contributed by atoms with Gasteiger partial charge in [-0.05, 0) is 25.3 Å². The molecule has 2 aliphatic rings. The van der Waals surface area contributed by atoms with Gasteiger partial charge in [0.25, 0.3) is 0 Å². The molecule has 2 fully saturated rings. The fraction of sp³-hybridized carbons (Fsp3) is 0.571. The highest BCUT2D eigenvalue weighted by Gasteiger charge is 2.39. The Bertz CT molecular complexity index is 704. The van der Waals surface area contributed by atoms with Gasteiger partial charge in [-0.25, -0.2) is 0 Å². The number of halogens is 1. The van der Waals surface area contributed by atoms with Crippen LogP contribution in [0.25, 0.3) is 0 Å². The second-order valence-electron chi connectivity index (χ2n) is 7.64. The summed E-state index contributed by atoms with van der Waals surface area (Å²) in [6.45, 7) is 3.71. The first kappa shape index (κ1) is 20.6. The van der Waals surface area contributed by atoms with Gasteiger partial charge in [-0.15, -0.1) is 11.6 Å². The Morgan fingerprint density at radius 2 is 1.89 bits per heavy atom. The van der Waals surface area contributed by atoms with E-state index in [9.17, 15) is 14.4 Å². The van der Waals surface area contributed by atoms with Crippen molar-refractivity contribution in [3.05, 3.63) is 35.9 Å². The van der Waals surface area contributed by atoms with Crippen LogP contribution in [-0.4, -0.2) is 59.1 Å². The number of carbonyl (C=O) groups is 3. The van der Waals surface area contributed by atoms with Crippen molar-refractivity contribution in [1.29, 1.82) is 0 Å². The Kier molecular flexibility index (Phi) is 6.94. The molecule has 0 bridgehead atoms. The van der Waals surface area contributed by atoms with E-state index in [1.165, 1.54) is 0 Å². The van der Waals surface area contributed by atoms with E-state index in [0.717, 1.165) is 18.4 Å². The highest BCUT2D eigenvalue weighted by atomic mass is 35.5. The number of benzene rings is 1. The van der Waals surface area contributed by atoms with E-state index in [4.69, 9.17) is 11.6 Å². The lowest BCUT2D eigenvalue weighted by Crippen LogP contribution is -2.48. The lowest BCUT2D eigenvalue weighted by molar-refractivity contribution is -0.137. The van der Waals surface area contributed by atoms with Crippen LogP contribution in [0.5, 0.6) is 0 Å². The van der Waals surface area contributed by atoms with Crippen molar-refractivity contribution in [2.75, 3.05) is 25.5 Å². The number of likely N-dealkylation sites (tertiary alicyclic amines) is 2. The zero-order chi connectivity index (χ0) is 20.1. The predicted octanol–water partition coefficient (Wildman–Crippen LogP) is 2.33. The van der Waals surface area contributed by atoms with E-state index in [-0.39, 0.29) is 42.1 Å². The number of nitrogens with zero attached hydrogens (tertiary/aromatic N) is 2. The third kappa shape index (κ3) is 4.85. The Balaban J connectivity index is 1.52. The molecule has 1 N–H and O–H groups in total. The molecule has 3 amide bonds. The van der Waals surface area contributed by atoms with E-state index in [1.54, 1.807) is 0 Å². The second kappa shape index (κ2) is 9.41. The quantitative estimate of drug-likeness (QED) is 0.738. The van der Waals surface area contributed by atoms with Gasteiger partial charge in [-0.2, -0.15) is 0 Å². The van der Waals surface area contributed by atoms with Crippen LogP contribution in [0.15, 0.2) is 30.3 Å². The fourth-order valence-electron chi connectivity index (χ4n) is 4.07. The van der Waals surface area contributed by atoms with Crippen molar-refractivity contribution < 1.29 is 14.4 Å². The molecule has 0 aliphatic carbocycles. The molecule has 0 spiro atoms. The second-order valence-corrected chi connectivity index (χ2v) is 8.02. The predicted molar refractivity (Wildman–Crippen MR) is 108 cm³/mol. The van der Waals surface area contributed by atoms with Gasteiger partial charge in [-0.3, -0.25) is 14.4 Å². The Hall–Kier alpha value is -2.08. The van der Waals surface area contributed by atoms with Crippen molar-refractivity contribution in [3.8, 4) is 0 Å². The first-order valence-corrected chi connectivity index (χ1v) is 10.5. The van der Waals surface area contributed by atoms with Crippen LogP contribution in [0.2, 0.25) is 0 Å². The van der Waals surface area contributed by atoms with E-state index < -0.39 is 0 Å². The van der Waals surface area contributed by atoms with Crippen molar-refractivity contribution in [2.24, 2.45) is 5.92 Å². The van der Waals surface area contributed by atoms with Crippen LogP contribution in [0.3, 0.4) is 0 Å². The standard InChI is InChI=1S/C21H28ClN3O3/c1-15(16-5-3-2-4-6-16)25-14-17(13-20(25)27)21(28)24-11-8-18(9-12-24)23-19(26)7-10-22/h2-6,15,17-18H,7-14H2,1H3,(H,23,26). The molecule has 2 atom stereocenters. The Morgan fingerprint density at radius 1 is 1.21 bits per heavy atom. The summed E-state index contributed by atoms with van der Waals surface area (Å²) < 4.78 is 0. The third-order valence-electron chi connectivity index (χ3n) is 5.75. The topological polar surface area (TPSA) is 69.7 Å². The normalized spacial score (nSPS) is 21.6. The van der Waals surface area contributed by atoms with Crippen LogP contribution < -0.4 is 5.32 Å². The SMILES string of the molecule is CC(c1ccccc1)N1CC(C(=O)N2CCC(NC(=O)CCCl)CC2)CC1=O. The van der Waals surface area contributed by atoms with E-state index >= 15 is 0 Å². The summed E-state index contributed by atoms with van der Waals surface area (Å²) >= 11 is 5.59. The molecule has 2 heterocycles. The Labute approximate surface area is 171 Å². The zero-order valence-electron chi connectivity index (χ0n) is 16.3. The number of alkyl halides is 1. The molecule has 2 aliphatic heterocycles. The summed E-state index contributed by atoms with van der Waals surface area (Å²) in [6, 6.07) is 9.97. The summed E-state index contributed by atoms with van der Waals surface area (Å²) in [5, 5.41) is 2.97. The number of rotatable bonds is 6. The van der Waals surface area contributed by atoms with E-state index in [1.807, 2.05) is 47.1 Å². The molecular formula is C21H28ClN3O3. The van der Waals surface area contributed by atoms with Crippen molar-refractivity contribution in [2.45, 2.75) is 44.7 Å². The third-order valence-corrected chi connectivity index (χ3v) is 5.94. The summed E-state index contributed by atoms with van der Waals surface area (Å²) in [6.07, 6.45) is 2.08. The number of hydrogen-bond acceptors (Lipinski definition) is 3. The maximum absolute atomic E-state index is 12.9. The maximum atomic E-state index is 12.9. The van der Waals surface area contributed by atoms with Gasteiger partial charge in [0, 0.05) is 44.4 Å². The van der Waals surface area contributed by atoms with Gasteiger partial charge < -0.3 is 15.1 Å². The lowest BCUT2D eigenvalue weighted by Gasteiger charge is -2.34. The molecule has 2 saturated heterocycles. The molecule has 0 radical (unpaired) electrons. The summed E-state index contributed by atoms with van der Waals surface area (Å²) in [7, 11) is 0. The molecule has 3 rings (SSSR count). The van der Waals surface area contributed by atoms with Gasteiger partial charge in [0.15, 0.2) is 0 Å². The minimum Gasteiger partial charge on any atom is -0.353 e. The smallest absolute Gasteiger partial charge is 0.227 e. The van der Waals surface area contributed by atoms with Crippen molar-refractivity contribution in [3.63, 3.8) is 0 Å². The van der Waals surface area contributed by atoms with Crippen LogP contribution in [0.4, 0.5) is 0 Å². The maximum Gasteiger partial charge on any atom is 0.227 e. The highest BCUT2D eigenvalue weighted by Crippen LogP contribution is 2.30. The van der Waals surface area contributed by atoms with Gasteiger partial charge in [-0.1, -0.05) is 30.3 Å². The number of hydrogen-bond donors (Lipinski definition) is 1. The van der Waals surface area contributed by atoms with E-state index in [0.29, 0.717) is 31.9 Å². The first-order valence-electron chi connectivity index (χ1n) is 9.98. The van der Waals surface area contributed by atoms with Crippen molar-refractivity contribution in [1.82, 2.24) is 15.1 Å². The Morgan fingerprint density at radius 3 is 2.54 bits per heavy atom. The fourth-order valence-corrected chi connectivity index (χ4v) is 4.24. The van der Waals surface area contributed by atoms with Crippen LogP contribution in [0, 0.1) is 5.92 Å². The average molecular weight is 406 g/mol. The minimum atomic E-state index is -0.277. The number of carbonyl (C=O) groups excluding carboxylic acids is 3. The summed E-state index contributed by atoms with van der Waals surface area (Å²) in [5.74, 6) is 0.101. The largest absolute Gasteiger partial charge is 0.353 e. The minimum absolute atomic E-state index is 0.0330. The molecule has 152 valence electrons. The van der Waals surface area contributed by atoms with Gasteiger partial charge >= 0.3 is 0 Å². The van der Waals surface area contributed by atoms with Crippen LogP contribution in [0.1, 0.15) is 44.2 Å². The first-order chi connectivity index (χ1) is 13.5. The zero-order valence-corrected chi connectivity index (χ0v) is 17.0. The summed E-state index contributed by atoms with van der Waals surface area (Å²) in [5.41, 5.74) is 1.08. The molecule has 0 saturated carbocycles. The lowest BCUT2D eigenvalue weighted by atomic mass is 10.0. The number of piperidine rings is 1. The molecule has 7 heteroatoms. The van der Waals surface area contributed by atoms with Gasteiger partial charge in [0.2, 0.25) is 17.7 Å². The monoisotopic (exact) mass is 405 g/mol. The number of amides is 3. The van der Waals surface area contributed by atoms with Crippen LogP contribution >= 0.6 is 11.6 Å². The molecule has 28 heavy (non-hydrogen) atoms. The van der Waals surface area contributed by atoms with Crippen molar-refractivity contribution >= 4 is 29.3 Å².